The lowest BCUT2D eigenvalue weighted by molar-refractivity contribution is -0.127. The highest BCUT2D eigenvalue weighted by molar-refractivity contribution is 6.09. The van der Waals surface area contributed by atoms with E-state index in [1.807, 2.05) is 30.3 Å². The lowest BCUT2D eigenvalue weighted by Crippen LogP contribution is -2.50. The van der Waals surface area contributed by atoms with Gasteiger partial charge < -0.3 is 19.5 Å². The van der Waals surface area contributed by atoms with Gasteiger partial charge in [0.05, 0.1) is 13.2 Å². The zero-order valence-electron chi connectivity index (χ0n) is 16.5. The Labute approximate surface area is 168 Å². The van der Waals surface area contributed by atoms with Gasteiger partial charge in [-0.3, -0.25) is 14.5 Å². The maximum Gasteiger partial charge on any atom is 0.241 e. The van der Waals surface area contributed by atoms with E-state index in [9.17, 15) is 9.59 Å². The predicted octanol–water partition coefficient (Wildman–Crippen LogP) is 2.18. The fourth-order valence-electron chi connectivity index (χ4n) is 3.85. The SMILES string of the molecule is CNC(=O)[C@@H]1C(c2ccc3c(c2)OCO3)=CC(=O)[C@H](c2ccc(OC)cc2)N1C. The molecule has 0 bridgehead atoms. The van der Waals surface area contributed by atoms with E-state index in [4.69, 9.17) is 14.2 Å². The van der Waals surface area contributed by atoms with Gasteiger partial charge in [0, 0.05) is 7.05 Å². The van der Waals surface area contributed by atoms with Crippen LogP contribution in [0.4, 0.5) is 0 Å². The van der Waals surface area contributed by atoms with Crippen molar-refractivity contribution in [3.63, 3.8) is 0 Å². The minimum atomic E-state index is -0.634. The number of methoxy groups -OCH3 is 1. The standard InChI is InChI=1S/C22H22N2O5/c1-23-22(26)21-16(14-6-9-18-19(10-14)29-12-28-18)11-17(25)20(24(21)2)13-4-7-15(27-3)8-5-13/h4-11,20-21H,12H2,1-3H3,(H,23,26)/t20-,21-/m0/s1. The number of carbonyl (C=O) groups is 2. The summed E-state index contributed by atoms with van der Waals surface area (Å²) in [5.74, 6) is 1.68. The van der Waals surface area contributed by atoms with Crippen molar-refractivity contribution in [2.45, 2.75) is 12.1 Å². The van der Waals surface area contributed by atoms with E-state index in [2.05, 4.69) is 5.32 Å². The Morgan fingerprint density at radius 3 is 2.55 bits per heavy atom. The lowest BCUT2D eigenvalue weighted by atomic mass is 9.86. The van der Waals surface area contributed by atoms with Gasteiger partial charge in [0.25, 0.3) is 0 Å². The molecular formula is C22H22N2O5. The molecule has 4 rings (SSSR count). The molecule has 0 aliphatic carbocycles. The van der Waals surface area contributed by atoms with Crippen molar-refractivity contribution in [3.05, 3.63) is 59.7 Å². The number of benzene rings is 2. The molecule has 2 heterocycles. The van der Waals surface area contributed by atoms with E-state index in [1.165, 1.54) is 0 Å². The topological polar surface area (TPSA) is 77.1 Å². The third kappa shape index (κ3) is 3.34. The van der Waals surface area contributed by atoms with E-state index < -0.39 is 12.1 Å². The molecular weight excluding hydrogens is 372 g/mol. The normalized spacial score (nSPS) is 20.9. The van der Waals surface area contributed by atoms with Crippen LogP contribution in [-0.4, -0.2) is 50.6 Å². The first kappa shape index (κ1) is 19.0. The zero-order chi connectivity index (χ0) is 20.5. The van der Waals surface area contributed by atoms with Crippen LogP contribution in [0.25, 0.3) is 5.57 Å². The van der Waals surface area contributed by atoms with Gasteiger partial charge in [0.1, 0.15) is 11.8 Å². The number of ketones is 1. The molecule has 7 heteroatoms. The highest BCUT2D eigenvalue weighted by Gasteiger charge is 2.40. The number of hydrogen-bond donors (Lipinski definition) is 1. The van der Waals surface area contributed by atoms with Crippen molar-refractivity contribution in [3.8, 4) is 17.2 Å². The first-order valence-corrected chi connectivity index (χ1v) is 9.26. The van der Waals surface area contributed by atoms with Crippen LogP contribution < -0.4 is 19.5 Å². The maximum atomic E-state index is 13.1. The molecule has 1 amide bonds. The number of amides is 1. The Kier molecular flexibility index (Phi) is 4.98. The Morgan fingerprint density at radius 2 is 1.86 bits per heavy atom. The molecule has 29 heavy (non-hydrogen) atoms. The van der Waals surface area contributed by atoms with Gasteiger partial charge in [-0.25, -0.2) is 0 Å². The molecule has 2 aromatic rings. The Morgan fingerprint density at radius 1 is 1.14 bits per heavy atom. The first-order chi connectivity index (χ1) is 14.0. The second kappa shape index (κ2) is 7.60. The maximum absolute atomic E-state index is 13.1. The summed E-state index contributed by atoms with van der Waals surface area (Å²) in [6.07, 6.45) is 1.56. The second-order valence-corrected chi connectivity index (χ2v) is 6.93. The van der Waals surface area contributed by atoms with E-state index in [0.717, 1.165) is 11.1 Å². The van der Waals surface area contributed by atoms with Gasteiger partial charge in [-0.2, -0.15) is 0 Å². The third-order valence-corrected chi connectivity index (χ3v) is 5.31. The summed E-state index contributed by atoms with van der Waals surface area (Å²) in [6, 6.07) is 11.5. The van der Waals surface area contributed by atoms with Crippen molar-refractivity contribution in [1.82, 2.24) is 10.2 Å². The van der Waals surface area contributed by atoms with Crippen LogP contribution in [-0.2, 0) is 9.59 Å². The smallest absolute Gasteiger partial charge is 0.241 e. The van der Waals surface area contributed by atoms with Gasteiger partial charge in [-0.05, 0) is 54.1 Å². The van der Waals surface area contributed by atoms with Gasteiger partial charge in [-0.1, -0.05) is 18.2 Å². The summed E-state index contributed by atoms with van der Waals surface area (Å²) in [6.45, 7) is 0.162. The molecule has 0 saturated carbocycles. The molecule has 150 valence electrons. The van der Waals surface area contributed by atoms with Crippen molar-refractivity contribution in [2.24, 2.45) is 0 Å². The van der Waals surface area contributed by atoms with E-state index in [0.29, 0.717) is 22.8 Å². The first-order valence-electron chi connectivity index (χ1n) is 9.26. The molecule has 2 aliphatic heterocycles. The number of ether oxygens (including phenoxy) is 3. The van der Waals surface area contributed by atoms with Gasteiger partial charge in [0.2, 0.25) is 12.7 Å². The highest BCUT2D eigenvalue weighted by Crippen LogP contribution is 2.39. The summed E-state index contributed by atoms with van der Waals surface area (Å²) >= 11 is 0. The van der Waals surface area contributed by atoms with Crippen LogP contribution in [0.2, 0.25) is 0 Å². The second-order valence-electron chi connectivity index (χ2n) is 6.93. The Hall–Kier alpha value is -3.32. The fourth-order valence-corrected chi connectivity index (χ4v) is 3.85. The number of fused-ring (bicyclic) bond motifs is 1. The van der Waals surface area contributed by atoms with Gasteiger partial charge >= 0.3 is 0 Å². The molecule has 7 nitrogen and oxygen atoms in total. The summed E-state index contributed by atoms with van der Waals surface area (Å²) in [7, 11) is 4.97. The Balaban J connectivity index is 1.76. The summed E-state index contributed by atoms with van der Waals surface area (Å²) in [5, 5.41) is 2.71. The van der Waals surface area contributed by atoms with Gasteiger partial charge in [0.15, 0.2) is 17.3 Å². The number of nitrogens with one attached hydrogen (secondary N) is 1. The highest BCUT2D eigenvalue weighted by atomic mass is 16.7. The molecule has 0 saturated heterocycles. The number of rotatable bonds is 4. The number of carbonyl (C=O) groups excluding carboxylic acids is 2. The number of hydrogen-bond acceptors (Lipinski definition) is 6. The third-order valence-electron chi connectivity index (χ3n) is 5.31. The van der Waals surface area contributed by atoms with Crippen molar-refractivity contribution in [1.29, 1.82) is 0 Å². The van der Waals surface area contributed by atoms with E-state index in [-0.39, 0.29) is 18.5 Å². The average molecular weight is 394 g/mol. The average Bonchev–Trinajstić information content (AvgIpc) is 3.21. The molecule has 2 aromatic carbocycles. The molecule has 0 fully saturated rings. The van der Waals surface area contributed by atoms with Crippen molar-refractivity contribution in [2.75, 3.05) is 28.0 Å². The van der Waals surface area contributed by atoms with E-state index in [1.54, 1.807) is 44.3 Å². The van der Waals surface area contributed by atoms with Crippen LogP contribution >= 0.6 is 0 Å². The van der Waals surface area contributed by atoms with Crippen LogP contribution in [0.1, 0.15) is 17.2 Å². The molecule has 2 atom stereocenters. The molecule has 1 N–H and O–H groups in total. The summed E-state index contributed by atoms with van der Waals surface area (Å²) < 4.78 is 16.0. The zero-order valence-corrected chi connectivity index (χ0v) is 16.5. The molecule has 2 aliphatic rings. The summed E-state index contributed by atoms with van der Waals surface area (Å²) in [4.78, 5) is 27.7. The van der Waals surface area contributed by atoms with Crippen molar-refractivity contribution < 1.29 is 23.8 Å². The molecule has 0 unspecified atom stereocenters. The van der Waals surface area contributed by atoms with Gasteiger partial charge in [-0.15, -0.1) is 0 Å². The minimum Gasteiger partial charge on any atom is -0.497 e. The Bertz CT molecular complexity index is 983. The summed E-state index contributed by atoms with van der Waals surface area (Å²) in [5.41, 5.74) is 2.17. The monoisotopic (exact) mass is 394 g/mol. The largest absolute Gasteiger partial charge is 0.497 e. The fraction of sp³-hybridized carbons (Fsp3) is 0.273. The molecule has 0 spiro atoms. The quantitative estimate of drug-likeness (QED) is 0.857. The predicted molar refractivity (Wildman–Crippen MR) is 107 cm³/mol. The number of nitrogens with zero attached hydrogens (tertiary/aromatic N) is 1. The number of likely N-dealkylation sites (N-methyl/N-ethyl adjacent to an activating group) is 2. The van der Waals surface area contributed by atoms with Crippen LogP contribution in [0.15, 0.2) is 48.5 Å². The minimum absolute atomic E-state index is 0.0921. The lowest BCUT2D eigenvalue weighted by Gasteiger charge is -2.38. The molecule has 0 aromatic heterocycles. The van der Waals surface area contributed by atoms with E-state index >= 15 is 0 Å². The van der Waals surface area contributed by atoms with Crippen LogP contribution in [0.3, 0.4) is 0 Å². The van der Waals surface area contributed by atoms with Crippen LogP contribution in [0, 0.1) is 0 Å². The van der Waals surface area contributed by atoms with Crippen LogP contribution in [0.5, 0.6) is 17.2 Å². The molecule has 0 radical (unpaired) electrons. The van der Waals surface area contributed by atoms with Crippen molar-refractivity contribution >= 4 is 17.3 Å².